The number of amides is 2. The molecule has 0 aliphatic carbocycles. The van der Waals surface area contributed by atoms with E-state index >= 15 is 0 Å². The minimum atomic E-state index is -0.324. The molecule has 1 atom stereocenters. The highest BCUT2D eigenvalue weighted by Crippen LogP contribution is 2.48. The smallest absolute Gasteiger partial charge is 0.250 e. The molecule has 2 heterocycles. The third-order valence-corrected chi connectivity index (χ3v) is 5.04. The van der Waals surface area contributed by atoms with E-state index in [4.69, 9.17) is 23.7 Å². The molecule has 2 amide bonds. The topological polar surface area (TPSA) is 104 Å². The molecule has 2 aromatic carbocycles. The Morgan fingerprint density at radius 2 is 1.93 bits per heavy atom. The standard InChI is InChI=1S/C21H22N2O7/c1-26-9-20(25)23-15-8-14-13(6-16(15)27-2)12(7-19(24)22-14)11-4-17(28-3)21-18(5-11)29-10-30-21/h4-6,8,12H,7,9-10H2,1-3H3,(H,22,24)(H,23,25). The number of nitrogens with one attached hydrogen (secondary N) is 2. The van der Waals surface area contributed by atoms with E-state index in [-0.39, 0.29) is 37.6 Å². The van der Waals surface area contributed by atoms with Crippen molar-refractivity contribution in [1.29, 1.82) is 0 Å². The summed E-state index contributed by atoms with van der Waals surface area (Å²) in [5, 5.41) is 5.61. The van der Waals surface area contributed by atoms with Crippen LogP contribution in [0.2, 0.25) is 0 Å². The highest BCUT2D eigenvalue weighted by Gasteiger charge is 2.31. The van der Waals surface area contributed by atoms with Gasteiger partial charge in [-0.1, -0.05) is 0 Å². The fourth-order valence-corrected chi connectivity index (χ4v) is 3.72. The number of carbonyl (C=O) groups excluding carboxylic acids is 2. The predicted molar refractivity (Wildman–Crippen MR) is 108 cm³/mol. The Kier molecular flexibility index (Phi) is 5.37. The van der Waals surface area contributed by atoms with Gasteiger partial charge >= 0.3 is 0 Å². The minimum Gasteiger partial charge on any atom is -0.495 e. The van der Waals surface area contributed by atoms with Crippen molar-refractivity contribution in [2.24, 2.45) is 0 Å². The molecule has 1 unspecified atom stereocenters. The molecule has 30 heavy (non-hydrogen) atoms. The maximum Gasteiger partial charge on any atom is 0.250 e. The highest BCUT2D eigenvalue weighted by atomic mass is 16.7. The van der Waals surface area contributed by atoms with Crippen molar-refractivity contribution >= 4 is 23.2 Å². The van der Waals surface area contributed by atoms with Crippen molar-refractivity contribution in [3.8, 4) is 23.0 Å². The molecule has 9 nitrogen and oxygen atoms in total. The van der Waals surface area contributed by atoms with Crippen molar-refractivity contribution in [2.45, 2.75) is 12.3 Å². The van der Waals surface area contributed by atoms with Gasteiger partial charge in [-0.05, 0) is 35.4 Å². The number of rotatable bonds is 6. The first kappa shape index (κ1) is 19.8. The second-order valence-corrected chi connectivity index (χ2v) is 6.88. The van der Waals surface area contributed by atoms with Crippen LogP contribution in [-0.2, 0) is 14.3 Å². The summed E-state index contributed by atoms with van der Waals surface area (Å²) < 4.78 is 26.8. The van der Waals surface area contributed by atoms with Crippen LogP contribution in [0.3, 0.4) is 0 Å². The van der Waals surface area contributed by atoms with Crippen LogP contribution in [0.4, 0.5) is 11.4 Å². The number of methoxy groups -OCH3 is 3. The lowest BCUT2D eigenvalue weighted by atomic mass is 9.84. The molecule has 2 aromatic rings. The van der Waals surface area contributed by atoms with Gasteiger partial charge in [0, 0.05) is 25.1 Å². The van der Waals surface area contributed by atoms with Gasteiger partial charge in [-0.3, -0.25) is 9.59 Å². The van der Waals surface area contributed by atoms with E-state index in [9.17, 15) is 9.59 Å². The van der Waals surface area contributed by atoms with Crippen LogP contribution >= 0.6 is 0 Å². The van der Waals surface area contributed by atoms with Crippen LogP contribution in [0.1, 0.15) is 23.5 Å². The fourth-order valence-electron chi connectivity index (χ4n) is 3.72. The quantitative estimate of drug-likeness (QED) is 0.748. The second-order valence-electron chi connectivity index (χ2n) is 6.88. The maximum absolute atomic E-state index is 12.5. The second kappa shape index (κ2) is 8.11. The summed E-state index contributed by atoms with van der Waals surface area (Å²) in [5.74, 6) is 1.44. The van der Waals surface area contributed by atoms with Gasteiger partial charge in [0.15, 0.2) is 11.5 Å². The molecular weight excluding hydrogens is 392 g/mol. The molecule has 0 saturated heterocycles. The first-order chi connectivity index (χ1) is 14.5. The molecule has 0 spiro atoms. The number of hydrogen-bond acceptors (Lipinski definition) is 7. The molecule has 2 aliphatic heterocycles. The van der Waals surface area contributed by atoms with E-state index in [2.05, 4.69) is 10.6 Å². The van der Waals surface area contributed by atoms with Gasteiger partial charge in [0.25, 0.3) is 0 Å². The normalized spacial score (nSPS) is 16.5. The molecule has 0 bridgehead atoms. The predicted octanol–water partition coefficient (Wildman–Crippen LogP) is 2.49. The maximum atomic E-state index is 12.5. The van der Waals surface area contributed by atoms with Crippen molar-refractivity contribution in [2.75, 3.05) is 45.4 Å². The van der Waals surface area contributed by atoms with E-state index in [0.29, 0.717) is 34.4 Å². The SMILES string of the molecule is COCC(=O)Nc1cc2c(cc1OC)C(c1cc(OC)c3c(c1)OCO3)CC(=O)N2. The number of hydrogen-bond donors (Lipinski definition) is 2. The lowest BCUT2D eigenvalue weighted by Gasteiger charge is -2.28. The van der Waals surface area contributed by atoms with Gasteiger partial charge in [-0.25, -0.2) is 0 Å². The summed E-state index contributed by atoms with van der Waals surface area (Å²) in [6.07, 6.45) is 0.244. The zero-order valence-corrected chi connectivity index (χ0v) is 16.9. The molecule has 0 aromatic heterocycles. The van der Waals surface area contributed by atoms with Gasteiger partial charge in [0.2, 0.25) is 24.4 Å². The summed E-state index contributed by atoms with van der Waals surface area (Å²) in [4.78, 5) is 24.4. The van der Waals surface area contributed by atoms with Crippen molar-refractivity contribution in [1.82, 2.24) is 0 Å². The Morgan fingerprint density at radius 3 is 2.67 bits per heavy atom. The highest BCUT2D eigenvalue weighted by molar-refractivity contribution is 5.99. The van der Waals surface area contributed by atoms with Crippen LogP contribution in [0.5, 0.6) is 23.0 Å². The van der Waals surface area contributed by atoms with Gasteiger partial charge in [0.05, 0.1) is 19.9 Å². The summed E-state index contributed by atoms with van der Waals surface area (Å²) in [7, 11) is 4.52. The molecule has 0 radical (unpaired) electrons. The van der Waals surface area contributed by atoms with Crippen molar-refractivity contribution in [3.63, 3.8) is 0 Å². The largest absolute Gasteiger partial charge is 0.495 e. The zero-order valence-electron chi connectivity index (χ0n) is 16.9. The van der Waals surface area contributed by atoms with Crippen LogP contribution in [-0.4, -0.2) is 46.5 Å². The molecular formula is C21H22N2O7. The Morgan fingerprint density at radius 1 is 1.13 bits per heavy atom. The number of ether oxygens (including phenoxy) is 5. The summed E-state index contributed by atoms with van der Waals surface area (Å²) >= 11 is 0. The van der Waals surface area contributed by atoms with E-state index in [1.54, 1.807) is 13.2 Å². The Bertz CT molecular complexity index is 1010. The van der Waals surface area contributed by atoms with Gasteiger partial charge in [-0.2, -0.15) is 0 Å². The number of carbonyl (C=O) groups is 2. The van der Waals surface area contributed by atoms with Gasteiger partial charge in [-0.15, -0.1) is 0 Å². The van der Waals surface area contributed by atoms with Gasteiger partial charge in [0.1, 0.15) is 12.4 Å². The summed E-state index contributed by atoms with van der Waals surface area (Å²) in [6.45, 7) is 0.0292. The van der Waals surface area contributed by atoms with Crippen LogP contribution in [0, 0.1) is 0 Å². The Balaban J connectivity index is 1.77. The monoisotopic (exact) mass is 414 g/mol. The summed E-state index contributed by atoms with van der Waals surface area (Å²) in [6, 6.07) is 7.22. The van der Waals surface area contributed by atoms with E-state index in [1.165, 1.54) is 14.2 Å². The molecule has 2 N–H and O–H groups in total. The first-order valence-corrected chi connectivity index (χ1v) is 9.32. The van der Waals surface area contributed by atoms with Crippen LogP contribution < -0.4 is 29.6 Å². The van der Waals surface area contributed by atoms with Crippen LogP contribution in [0.15, 0.2) is 24.3 Å². The lowest BCUT2D eigenvalue weighted by molar-refractivity contribution is -0.119. The minimum absolute atomic E-state index is 0.0911. The number of anilines is 2. The molecule has 0 saturated carbocycles. The average Bonchev–Trinajstić information content (AvgIpc) is 3.20. The lowest BCUT2D eigenvalue weighted by Crippen LogP contribution is -2.24. The fraction of sp³-hybridized carbons (Fsp3) is 0.333. The third kappa shape index (κ3) is 3.59. The van der Waals surface area contributed by atoms with E-state index in [0.717, 1.165) is 11.1 Å². The molecule has 9 heteroatoms. The summed E-state index contributed by atoms with van der Waals surface area (Å²) in [5.41, 5.74) is 2.76. The number of fused-ring (bicyclic) bond motifs is 2. The van der Waals surface area contributed by atoms with Crippen molar-refractivity contribution in [3.05, 3.63) is 35.4 Å². The van der Waals surface area contributed by atoms with Crippen molar-refractivity contribution < 1.29 is 33.3 Å². The molecule has 158 valence electrons. The molecule has 0 fully saturated rings. The average molecular weight is 414 g/mol. The molecule has 2 aliphatic rings. The Hall–Kier alpha value is -3.46. The zero-order chi connectivity index (χ0) is 21.3. The van der Waals surface area contributed by atoms with E-state index in [1.807, 2.05) is 18.2 Å². The van der Waals surface area contributed by atoms with Crippen LogP contribution in [0.25, 0.3) is 0 Å². The Labute approximate surface area is 173 Å². The van der Waals surface area contributed by atoms with Gasteiger partial charge < -0.3 is 34.3 Å². The number of benzene rings is 2. The molecule has 4 rings (SSSR count). The van der Waals surface area contributed by atoms with E-state index < -0.39 is 0 Å². The third-order valence-electron chi connectivity index (χ3n) is 5.04. The first-order valence-electron chi connectivity index (χ1n) is 9.32.